The van der Waals surface area contributed by atoms with Gasteiger partial charge >= 0.3 is 5.63 Å². The Bertz CT molecular complexity index is 982. The Morgan fingerprint density at radius 1 is 1.22 bits per heavy atom. The first-order valence-corrected chi connectivity index (χ1v) is 8.97. The summed E-state index contributed by atoms with van der Waals surface area (Å²) in [6, 6.07) is 10.5. The Morgan fingerprint density at radius 2 is 2.00 bits per heavy atom. The summed E-state index contributed by atoms with van der Waals surface area (Å²) in [5.74, 6) is 0.249. The molecule has 1 atom stereocenters. The maximum Gasteiger partial charge on any atom is 0.336 e. The van der Waals surface area contributed by atoms with Crippen LogP contribution in [0, 0.1) is 0 Å². The van der Waals surface area contributed by atoms with E-state index < -0.39 is 6.10 Å². The van der Waals surface area contributed by atoms with Crippen molar-refractivity contribution in [2.45, 2.75) is 39.3 Å². The van der Waals surface area contributed by atoms with Crippen LogP contribution >= 0.6 is 0 Å². The van der Waals surface area contributed by atoms with Crippen molar-refractivity contribution in [1.82, 2.24) is 10.3 Å². The molecule has 1 aromatic carbocycles. The highest BCUT2D eigenvalue weighted by atomic mass is 16.5. The van der Waals surface area contributed by atoms with Crippen LogP contribution in [0.1, 0.15) is 31.4 Å². The molecule has 6 nitrogen and oxygen atoms in total. The maximum atomic E-state index is 12.3. The number of pyridine rings is 1. The van der Waals surface area contributed by atoms with E-state index in [0.717, 1.165) is 29.4 Å². The van der Waals surface area contributed by atoms with Crippen LogP contribution in [0.15, 0.2) is 58.0 Å². The third-order valence-electron chi connectivity index (χ3n) is 4.22. The van der Waals surface area contributed by atoms with Gasteiger partial charge in [0, 0.05) is 36.5 Å². The van der Waals surface area contributed by atoms with E-state index in [1.807, 2.05) is 18.2 Å². The van der Waals surface area contributed by atoms with Crippen LogP contribution in [0.5, 0.6) is 5.75 Å². The highest BCUT2D eigenvalue weighted by Gasteiger charge is 2.15. The van der Waals surface area contributed by atoms with Crippen molar-refractivity contribution < 1.29 is 13.9 Å². The molecule has 0 unspecified atom stereocenters. The lowest BCUT2D eigenvalue weighted by molar-refractivity contribution is -0.127. The van der Waals surface area contributed by atoms with E-state index in [1.165, 1.54) is 6.07 Å². The van der Waals surface area contributed by atoms with Gasteiger partial charge in [-0.1, -0.05) is 13.3 Å². The number of fused-ring (bicyclic) bond motifs is 1. The first-order chi connectivity index (χ1) is 13.1. The van der Waals surface area contributed by atoms with Crippen molar-refractivity contribution in [3.05, 3.63) is 70.3 Å². The Morgan fingerprint density at radius 3 is 2.74 bits per heavy atom. The topological polar surface area (TPSA) is 81.4 Å². The van der Waals surface area contributed by atoms with Gasteiger partial charge in [-0.25, -0.2) is 4.79 Å². The quantitative estimate of drug-likeness (QED) is 0.649. The number of hydrogen-bond donors (Lipinski definition) is 1. The van der Waals surface area contributed by atoms with Gasteiger partial charge in [0.25, 0.3) is 5.91 Å². The molecule has 3 rings (SSSR count). The average Bonchev–Trinajstić information content (AvgIpc) is 2.66. The summed E-state index contributed by atoms with van der Waals surface area (Å²) in [6.07, 6.45) is 4.41. The number of aromatic nitrogens is 1. The Labute approximate surface area is 157 Å². The van der Waals surface area contributed by atoms with E-state index in [2.05, 4.69) is 17.2 Å². The minimum absolute atomic E-state index is 0.229. The second kappa shape index (κ2) is 8.49. The molecular weight excluding hydrogens is 344 g/mol. The Balaban J connectivity index is 1.70. The number of rotatable bonds is 7. The standard InChI is InChI=1S/C21H22N2O4/c1-3-4-16-11-20(24)27-19-12-17(5-6-18(16)19)26-14(2)21(25)23-13-15-7-9-22-10-8-15/h5-12,14H,3-4,13H2,1-2H3,(H,23,25)/t14-/m0/s1. The summed E-state index contributed by atoms with van der Waals surface area (Å²) in [5.41, 5.74) is 2.00. The van der Waals surface area contributed by atoms with Crippen LogP contribution in [-0.4, -0.2) is 17.0 Å². The first-order valence-electron chi connectivity index (χ1n) is 8.97. The van der Waals surface area contributed by atoms with Crippen molar-refractivity contribution in [2.24, 2.45) is 0 Å². The van der Waals surface area contributed by atoms with Gasteiger partial charge in [-0.2, -0.15) is 0 Å². The molecule has 0 spiro atoms. The van der Waals surface area contributed by atoms with Gasteiger partial charge in [0.15, 0.2) is 6.10 Å². The molecule has 0 fully saturated rings. The molecule has 0 aliphatic heterocycles. The molecular formula is C21H22N2O4. The van der Waals surface area contributed by atoms with Crippen molar-refractivity contribution in [3.8, 4) is 5.75 Å². The average molecular weight is 366 g/mol. The van der Waals surface area contributed by atoms with E-state index in [9.17, 15) is 9.59 Å². The molecule has 0 saturated carbocycles. The first kappa shape index (κ1) is 18.6. The van der Waals surface area contributed by atoms with Gasteiger partial charge in [0.05, 0.1) is 0 Å². The minimum Gasteiger partial charge on any atom is -0.481 e. The van der Waals surface area contributed by atoms with Crippen LogP contribution < -0.4 is 15.7 Å². The van der Waals surface area contributed by atoms with E-state index in [-0.39, 0.29) is 11.5 Å². The zero-order chi connectivity index (χ0) is 19.2. The summed E-state index contributed by atoms with van der Waals surface area (Å²) in [4.78, 5) is 28.0. The van der Waals surface area contributed by atoms with Crippen LogP contribution in [0.4, 0.5) is 0 Å². The summed E-state index contributed by atoms with van der Waals surface area (Å²) in [5, 5.41) is 3.71. The summed E-state index contributed by atoms with van der Waals surface area (Å²) >= 11 is 0. The lowest BCUT2D eigenvalue weighted by Crippen LogP contribution is -2.35. The fourth-order valence-corrected chi connectivity index (χ4v) is 2.85. The highest BCUT2D eigenvalue weighted by molar-refractivity contribution is 5.83. The smallest absolute Gasteiger partial charge is 0.336 e. The molecule has 3 aromatic rings. The van der Waals surface area contributed by atoms with Crippen LogP contribution in [0.2, 0.25) is 0 Å². The molecule has 0 bridgehead atoms. The molecule has 1 amide bonds. The molecule has 140 valence electrons. The molecule has 2 aromatic heterocycles. The van der Waals surface area contributed by atoms with Gasteiger partial charge in [-0.15, -0.1) is 0 Å². The van der Waals surface area contributed by atoms with Gasteiger partial charge in [0.1, 0.15) is 11.3 Å². The number of carbonyl (C=O) groups excluding carboxylic acids is 1. The number of aryl methyl sites for hydroxylation is 1. The largest absolute Gasteiger partial charge is 0.481 e. The number of carbonyl (C=O) groups is 1. The predicted octanol–water partition coefficient (Wildman–Crippen LogP) is 3.22. The summed E-state index contributed by atoms with van der Waals surface area (Å²) in [7, 11) is 0. The maximum absolute atomic E-state index is 12.3. The van der Waals surface area contributed by atoms with Crippen LogP contribution in [0.25, 0.3) is 11.0 Å². The van der Waals surface area contributed by atoms with E-state index >= 15 is 0 Å². The molecule has 1 N–H and O–H groups in total. The van der Waals surface area contributed by atoms with Crippen molar-refractivity contribution in [3.63, 3.8) is 0 Å². The molecule has 0 aliphatic rings. The number of nitrogens with zero attached hydrogens (tertiary/aromatic N) is 1. The number of benzene rings is 1. The van der Waals surface area contributed by atoms with Crippen LogP contribution in [0.3, 0.4) is 0 Å². The zero-order valence-corrected chi connectivity index (χ0v) is 15.4. The second-order valence-corrected chi connectivity index (χ2v) is 6.33. The summed E-state index contributed by atoms with van der Waals surface area (Å²) < 4.78 is 11.0. The van der Waals surface area contributed by atoms with E-state index in [1.54, 1.807) is 31.5 Å². The fraction of sp³-hybridized carbons (Fsp3) is 0.286. The van der Waals surface area contributed by atoms with E-state index in [0.29, 0.717) is 17.9 Å². The lowest BCUT2D eigenvalue weighted by atomic mass is 10.1. The number of ether oxygens (including phenoxy) is 1. The molecule has 27 heavy (non-hydrogen) atoms. The minimum atomic E-state index is -0.685. The number of hydrogen-bond acceptors (Lipinski definition) is 5. The van der Waals surface area contributed by atoms with Gasteiger partial charge < -0.3 is 14.5 Å². The number of nitrogens with one attached hydrogen (secondary N) is 1. The molecule has 6 heteroatoms. The SMILES string of the molecule is CCCc1cc(=O)oc2cc(O[C@@H](C)C(=O)NCc3ccncc3)ccc12. The van der Waals surface area contributed by atoms with Crippen molar-refractivity contribution in [2.75, 3.05) is 0 Å². The third-order valence-corrected chi connectivity index (χ3v) is 4.22. The Hall–Kier alpha value is -3.15. The normalized spacial score (nSPS) is 11.9. The van der Waals surface area contributed by atoms with Crippen LogP contribution in [-0.2, 0) is 17.8 Å². The van der Waals surface area contributed by atoms with E-state index in [4.69, 9.17) is 9.15 Å². The number of amides is 1. The third kappa shape index (κ3) is 4.73. The monoisotopic (exact) mass is 366 g/mol. The molecule has 0 aliphatic carbocycles. The zero-order valence-electron chi connectivity index (χ0n) is 15.4. The molecule has 0 radical (unpaired) electrons. The van der Waals surface area contributed by atoms with Gasteiger partial charge in [0.2, 0.25) is 0 Å². The predicted molar refractivity (Wildman–Crippen MR) is 103 cm³/mol. The molecule has 0 saturated heterocycles. The van der Waals surface area contributed by atoms with Crippen molar-refractivity contribution in [1.29, 1.82) is 0 Å². The summed E-state index contributed by atoms with van der Waals surface area (Å²) in [6.45, 7) is 4.14. The Kier molecular flexibility index (Phi) is 5.86. The van der Waals surface area contributed by atoms with Gasteiger partial charge in [-0.05, 0) is 48.7 Å². The van der Waals surface area contributed by atoms with Gasteiger partial charge in [-0.3, -0.25) is 9.78 Å². The second-order valence-electron chi connectivity index (χ2n) is 6.33. The highest BCUT2D eigenvalue weighted by Crippen LogP contribution is 2.24. The lowest BCUT2D eigenvalue weighted by Gasteiger charge is -2.15. The molecule has 2 heterocycles. The van der Waals surface area contributed by atoms with Crippen molar-refractivity contribution >= 4 is 16.9 Å². The fourth-order valence-electron chi connectivity index (χ4n) is 2.85.